The van der Waals surface area contributed by atoms with Crippen LogP contribution in [0.4, 0.5) is 10.5 Å². The lowest BCUT2D eigenvalue weighted by Crippen LogP contribution is -2.54. The summed E-state index contributed by atoms with van der Waals surface area (Å²) in [6.07, 6.45) is 1.30. The SMILES string of the molecule is Cc1ccc(Cl)cc1N1C(=O)NC(=O)/C(=C\c2cc(Cl)c(OCc3ccccc3Cl)c(Cl)c2)C1=O. The minimum absolute atomic E-state index is 0.135. The van der Waals surface area contributed by atoms with Gasteiger partial charge in [0.2, 0.25) is 0 Å². The molecule has 4 amide bonds. The number of nitrogens with one attached hydrogen (secondary N) is 1. The van der Waals surface area contributed by atoms with Gasteiger partial charge in [-0.1, -0.05) is 70.7 Å². The molecule has 1 fully saturated rings. The fourth-order valence-electron chi connectivity index (χ4n) is 3.43. The molecule has 178 valence electrons. The van der Waals surface area contributed by atoms with Crippen molar-refractivity contribution in [3.8, 4) is 5.75 Å². The minimum atomic E-state index is -0.873. The molecule has 35 heavy (non-hydrogen) atoms. The molecule has 0 bridgehead atoms. The molecule has 0 spiro atoms. The summed E-state index contributed by atoms with van der Waals surface area (Å²) in [6, 6.07) is 14.1. The lowest BCUT2D eigenvalue weighted by molar-refractivity contribution is -0.122. The zero-order chi connectivity index (χ0) is 25.3. The quantitative estimate of drug-likeness (QED) is 0.279. The van der Waals surface area contributed by atoms with Gasteiger partial charge in [-0.25, -0.2) is 9.69 Å². The molecule has 0 aliphatic carbocycles. The lowest BCUT2D eigenvalue weighted by Gasteiger charge is -2.27. The summed E-state index contributed by atoms with van der Waals surface area (Å²) >= 11 is 25.0. The van der Waals surface area contributed by atoms with Crippen molar-refractivity contribution in [2.45, 2.75) is 13.5 Å². The Kier molecular flexibility index (Phi) is 7.38. The van der Waals surface area contributed by atoms with Gasteiger partial charge >= 0.3 is 6.03 Å². The minimum Gasteiger partial charge on any atom is -0.486 e. The zero-order valence-corrected chi connectivity index (χ0v) is 21.1. The Labute approximate surface area is 221 Å². The van der Waals surface area contributed by atoms with E-state index in [0.717, 1.165) is 10.5 Å². The van der Waals surface area contributed by atoms with E-state index in [1.807, 2.05) is 12.1 Å². The number of hydrogen-bond acceptors (Lipinski definition) is 4. The maximum atomic E-state index is 13.2. The van der Waals surface area contributed by atoms with E-state index in [4.69, 9.17) is 51.1 Å². The molecule has 3 aromatic carbocycles. The fraction of sp³-hybridized carbons (Fsp3) is 0.0800. The summed E-state index contributed by atoms with van der Waals surface area (Å²) < 4.78 is 5.75. The maximum Gasteiger partial charge on any atom is 0.335 e. The monoisotopic (exact) mass is 548 g/mol. The first-order chi connectivity index (χ1) is 16.7. The van der Waals surface area contributed by atoms with Gasteiger partial charge in [-0.05, 0) is 54.5 Å². The Morgan fingerprint density at radius 3 is 2.29 bits per heavy atom. The summed E-state index contributed by atoms with van der Waals surface area (Å²) in [4.78, 5) is 39.0. The van der Waals surface area contributed by atoms with Crippen LogP contribution in [0.25, 0.3) is 6.08 Å². The second-order valence-electron chi connectivity index (χ2n) is 7.58. The smallest absolute Gasteiger partial charge is 0.335 e. The van der Waals surface area contributed by atoms with Crippen molar-refractivity contribution in [3.05, 3.63) is 97.0 Å². The number of carbonyl (C=O) groups is 3. The average Bonchev–Trinajstić information content (AvgIpc) is 2.79. The van der Waals surface area contributed by atoms with Crippen LogP contribution in [0.3, 0.4) is 0 Å². The Bertz CT molecular complexity index is 1380. The molecule has 0 atom stereocenters. The molecule has 1 N–H and O–H groups in total. The van der Waals surface area contributed by atoms with Crippen molar-refractivity contribution in [2.24, 2.45) is 0 Å². The molecule has 10 heteroatoms. The van der Waals surface area contributed by atoms with Gasteiger partial charge in [-0.2, -0.15) is 0 Å². The molecule has 0 unspecified atom stereocenters. The first-order valence-electron chi connectivity index (χ1n) is 10.2. The summed E-state index contributed by atoms with van der Waals surface area (Å²) in [5.41, 5.74) is 1.72. The van der Waals surface area contributed by atoms with Crippen LogP contribution in [0.2, 0.25) is 20.1 Å². The maximum absolute atomic E-state index is 13.2. The number of aryl methyl sites for hydroxylation is 1. The van der Waals surface area contributed by atoms with Gasteiger partial charge in [-0.3, -0.25) is 14.9 Å². The molecule has 0 saturated carbocycles. The highest BCUT2D eigenvalue weighted by Crippen LogP contribution is 2.36. The number of anilines is 1. The molecule has 1 aliphatic heterocycles. The molecule has 1 heterocycles. The van der Waals surface area contributed by atoms with Crippen LogP contribution in [0.1, 0.15) is 16.7 Å². The topological polar surface area (TPSA) is 75.7 Å². The Hall–Kier alpha value is -3.03. The zero-order valence-electron chi connectivity index (χ0n) is 18.1. The van der Waals surface area contributed by atoms with Crippen LogP contribution in [-0.4, -0.2) is 17.8 Å². The number of nitrogens with zero attached hydrogens (tertiary/aromatic N) is 1. The molecule has 3 aromatic rings. The summed E-state index contributed by atoms with van der Waals surface area (Å²) in [5, 5.41) is 3.38. The van der Waals surface area contributed by atoms with Gasteiger partial charge in [0.15, 0.2) is 5.75 Å². The number of benzene rings is 3. The number of carbonyl (C=O) groups excluding carboxylic acids is 3. The normalized spacial score (nSPS) is 14.9. The number of halogens is 4. The van der Waals surface area contributed by atoms with Gasteiger partial charge < -0.3 is 4.74 Å². The van der Waals surface area contributed by atoms with E-state index < -0.39 is 17.8 Å². The molecule has 4 rings (SSSR count). The molecule has 0 aromatic heterocycles. The van der Waals surface area contributed by atoms with Crippen molar-refractivity contribution in [1.29, 1.82) is 0 Å². The van der Waals surface area contributed by atoms with E-state index in [1.54, 1.807) is 31.2 Å². The summed E-state index contributed by atoms with van der Waals surface area (Å²) in [6.45, 7) is 1.85. The third-order valence-corrected chi connectivity index (χ3v) is 6.34. The number of barbiturate groups is 1. The number of imide groups is 2. The molecule has 0 radical (unpaired) electrons. The second-order valence-corrected chi connectivity index (χ2v) is 9.24. The Morgan fingerprint density at radius 1 is 0.914 bits per heavy atom. The average molecular weight is 550 g/mol. The second kappa shape index (κ2) is 10.3. The van der Waals surface area contributed by atoms with E-state index in [0.29, 0.717) is 21.2 Å². The lowest BCUT2D eigenvalue weighted by atomic mass is 10.1. The summed E-state index contributed by atoms with van der Waals surface area (Å²) in [7, 11) is 0. The predicted molar refractivity (Wildman–Crippen MR) is 137 cm³/mol. The highest BCUT2D eigenvalue weighted by molar-refractivity contribution is 6.40. The van der Waals surface area contributed by atoms with Crippen LogP contribution < -0.4 is 15.0 Å². The van der Waals surface area contributed by atoms with Gasteiger partial charge in [0.05, 0.1) is 15.7 Å². The van der Waals surface area contributed by atoms with Gasteiger partial charge in [-0.15, -0.1) is 0 Å². The van der Waals surface area contributed by atoms with Crippen molar-refractivity contribution in [3.63, 3.8) is 0 Å². The first-order valence-corrected chi connectivity index (χ1v) is 11.7. The standard InChI is InChI=1S/C25H16Cl4N2O4/c1-13-6-7-16(26)11-21(13)31-24(33)17(23(32)30-25(31)34)8-14-9-19(28)22(20(29)10-14)35-12-15-4-2-3-5-18(15)27/h2-11H,12H2,1H3,(H,30,32,34)/b17-8+. The fourth-order valence-corrected chi connectivity index (χ4v) is 4.40. The van der Waals surface area contributed by atoms with E-state index in [1.165, 1.54) is 24.3 Å². The molecule has 1 saturated heterocycles. The molecule has 1 aliphatic rings. The molecular formula is C25H16Cl4N2O4. The highest BCUT2D eigenvalue weighted by atomic mass is 35.5. The van der Waals surface area contributed by atoms with E-state index in [-0.39, 0.29) is 33.7 Å². The van der Waals surface area contributed by atoms with Crippen LogP contribution in [0.15, 0.2) is 60.2 Å². The van der Waals surface area contributed by atoms with Crippen molar-refractivity contribution < 1.29 is 19.1 Å². The Morgan fingerprint density at radius 2 is 1.60 bits per heavy atom. The number of hydrogen-bond donors (Lipinski definition) is 1. The number of ether oxygens (including phenoxy) is 1. The number of rotatable bonds is 5. The van der Waals surface area contributed by atoms with Crippen LogP contribution in [-0.2, 0) is 16.2 Å². The largest absolute Gasteiger partial charge is 0.486 e. The predicted octanol–water partition coefficient (Wildman–Crippen LogP) is 6.85. The highest BCUT2D eigenvalue weighted by Gasteiger charge is 2.37. The first kappa shape index (κ1) is 25.1. The molecule has 6 nitrogen and oxygen atoms in total. The van der Waals surface area contributed by atoms with E-state index in [9.17, 15) is 14.4 Å². The third kappa shape index (κ3) is 5.31. The van der Waals surface area contributed by atoms with E-state index in [2.05, 4.69) is 5.32 Å². The van der Waals surface area contributed by atoms with Gasteiger partial charge in [0.1, 0.15) is 12.2 Å². The summed E-state index contributed by atoms with van der Waals surface area (Å²) in [5.74, 6) is -1.43. The third-order valence-electron chi connectivity index (χ3n) is 5.18. The van der Waals surface area contributed by atoms with Crippen molar-refractivity contribution in [2.75, 3.05) is 4.90 Å². The molecular weight excluding hydrogens is 534 g/mol. The van der Waals surface area contributed by atoms with Crippen LogP contribution >= 0.6 is 46.4 Å². The van der Waals surface area contributed by atoms with Crippen molar-refractivity contribution in [1.82, 2.24) is 5.32 Å². The Balaban J connectivity index is 1.64. The van der Waals surface area contributed by atoms with E-state index >= 15 is 0 Å². The number of urea groups is 1. The van der Waals surface area contributed by atoms with Crippen molar-refractivity contribution >= 4 is 76.0 Å². The van der Waals surface area contributed by atoms with Gasteiger partial charge in [0.25, 0.3) is 11.8 Å². The van der Waals surface area contributed by atoms with Crippen LogP contribution in [0, 0.1) is 6.92 Å². The van der Waals surface area contributed by atoms with Crippen LogP contribution in [0.5, 0.6) is 5.75 Å². The number of amides is 4. The van der Waals surface area contributed by atoms with Gasteiger partial charge in [0, 0.05) is 15.6 Å².